The van der Waals surface area contributed by atoms with Crippen molar-refractivity contribution >= 4 is 5.91 Å². The molecule has 4 fully saturated rings. The molecule has 4 saturated carbocycles. The largest absolute Gasteiger partial charge is 0.497 e. The van der Waals surface area contributed by atoms with Crippen molar-refractivity contribution in [3.8, 4) is 11.5 Å². The van der Waals surface area contributed by atoms with E-state index in [-0.39, 0.29) is 10.8 Å². The number of carbonyl (C=O) groups excluding carboxylic acids is 1. The third-order valence-corrected chi connectivity index (χ3v) is 8.12. The maximum atomic E-state index is 13.9. The van der Waals surface area contributed by atoms with Crippen molar-refractivity contribution in [3.63, 3.8) is 0 Å². The van der Waals surface area contributed by atoms with Gasteiger partial charge in [0.25, 0.3) is 0 Å². The van der Waals surface area contributed by atoms with Crippen molar-refractivity contribution in [1.82, 2.24) is 4.90 Å². The Kier molecular flexibility index (Phi) is 4.99. The second-order valence-electron chi connectivity index (χ2n) is 10.3. The van der Waals surface area contributed by atoms with Gasteiger partial charge >= 0.3 is 0 Å². The summed E-state index contributed by atoms with van der Waals surface area (Å²) in [6, 6.07) is 16.7. The molecule has 4 nitrogen and oxygen atoms in total. The van der Waals surface area contributed by atoms with Crippen molar-refractivity contribution in [2.75, 3.05) is 21.3 Å². The van der Waals surface area contributed by atoms with Gasteiger partial charge in [0.15, 0.2) is 0 Å². The zero-order valence-corrected chi connectivity index (χ0v) is 18.9. The molecule has 4 aliphatic carbocycles. The molecule has 2 aromatic rings. The lowest BCUT2D eigenvalue weighted by Crippen LogP contribution is -2.59. The van der Waals surface area contributed by atoms with Crippen LogP contribution in [0.5, 0.6) is 11.5 Å². The predicted octanol–water partition coefficient (Wildman–Crippen LogP) is 5.20. The van der Waals surface area contributed by atoms with Crippen molar-refractivity contribution in [1.29, 1.82) is 0 Å². The van der Waals surface area contributed by atoms with E-state index in [9.17, 15) is 4.79 Å². The Morgan fingerprint density at radius 1 is 0.968 bits per heavy atom. The predicted molar refractivity (Wildman–Crippen MR) is 121 cm³/mol. The van der Waals surface area contributed by atoms with E-state index in [1.807, 2.05) is 30.1 Å². The highest BCUT2D eigenvalue weighted by Gasteiger charge is 2.61. The van der Waals surface area contributed by atoms with E-state index in [1.165, 1.54) is 24.8 Å². The molecule has 0 heterocycles. The molecule has 0 radical (unpaired) electrons. The van der Waals surface area contributed by atoms with E-state index in [4.69, 9.17) is 9.47 Å². The molecule has 0 aliphatic heterocycles. The highest BCUT2D eigenvalue weighted by Crippen LogP contribution is 2.66. The monoisotopic (exact) mass is 419 g/mol. The summed E-state index contributed by atoms with van der Waals surface area (Å²) in [6.45, 7) is 0.628. The quantitative estimate of drug-likeness (QED) is 0.646. The van der Waals surface area contributed by atoms with E-state index < -0.39 is 0 Å². The molecule has 2 atom stereocenters. The molecule has 4 heteroatoms. The van der Waals surface area contributed by atoms with Crippen LogP contribution in [-0.2, 0) is 16.8 Å². The number of rotatable bonds is 6. The van der Waals surface area contributed by atoms with Crippen LogP contribution in [0.3, 0.4) is 0 Å². The number of ether oxygens (including phenoxy) is 2. The minimum Gasteiger partial charge on any atom is -0.497 e. The number of nitrogens with zero attached hydrogens (tertiary/aromatic N) is 1. The van der Waals surface area contributed by atoms with E-state index in [0.29, 0.717) is 24.3 Å². The number of carbonyl (C=O) groups is 1. The zero-order chi connectivity index (χ0) is 21.6. The van der Waals surface area contributed by atoms with Gasteiger partial charge in [-0.2, -0.15) is 0 Å². The van der Waals surface area contributed by atoms with Gasteiger partial charge in [-0.3, -0.25) is 4.79 Å². The molecular weight excluding hydrogens is 386 g/mol. The molecule has 31 heavy (non-hydrogen) atoms. The van der Waals surface area contributed by atoms with E-state index in [2.05, 4.69) is 30.3 Å². The summed E-state index contributed by atoms with van der Waals surface area (Å²) in [5.41, 5.74) is 2.44. The normalized spacial score (nSPS) is 30.8. The maximum absolute atomic E-state index is 13.9. The maximum Gasteiger partial charge on any atom is 0.228 e. The number of benzene rings is 2. The first kappa shape index (κ1) is 20.4. The summed E-state index contributed by atoms with van der Waals surface area (Å²) in [7, 11) is 5.37. The fourth-order valence-corrected chi connectivity index (χ4v) is 7.32. The van der Waals surface area contributed by atoms with Crippen LogP contribution >= 0.6 is 0 Å². The number of hydrogen-bond donors (Lipinski definition) is 0. The van der Waals surface area contributed by atoms with Crippen molar-refractivity contribution in [3.05, 3.63) is 59.7 Å². The Balaban J connectivity index is 1.41. The third kappa shape index (κ3) is 3.50. The molecule has 4 aliphatic rings. The molecule has 6 rings (SSSR count). The lowest BCUT2D eigenvalue weighted by Gasteiger charge is -2.62. The summed E-state index contributed by atoms with van der Waals surface area (Å²) in [5, 5.41) is 0. The van der Waals surface area contributed by atoms with Gasteiger partial charge < -0.3 is 14.4 Å². The van der Waals surface area contributed by atoms with Crippen LogP contribution in [0.1, 0.15) is 49.7 Å². The van der Waals surface area contributed by atoms with Gasteiger partial charge in [-0.1, -0.05) is 24.3 Å². The molecule has 0 saturated heterocycles. The van der Waals surface area contributed by atoms with Crippen LogP contribution in [0.15, 0.2) is 48.5 Å². The van der Waals surface area contributed by atoms with Crippen LogP contribution in [0.2, 0.25) is 0 Å². The zero-order valence-electron chi connectivity index (χ0n) is 18.9. The minimum absolute atomic E-state index is 0.142. The average molecular weight is 420 g/mol. The average Bonchev–Trinajstić information content (AvgIpc) is 2.78. The molecule has 0 unspecified atom stereocenters. The first-order chi connectivity index (χ1) is 14.9. The fraction of sp³-hybridized carbons (Fsp3) is 0.519. The van der Waals surface area contributed by atoms with Gasteiger partial charge in [0, 0.05) is 13.6 Å². The van der Waals surface area contributed by atoms with E-state index in [1.54, 1.807) is 14.2 Å². The number of amides is 1. The van der Waals surface area contributed by atoms with Crippen LogP contribution in [-0.4, -0.2) is 32.1 Å². The summed E-state index contributed by atoms with van der Waals surface area (Å²) < 4.78 is 10.7. The third-order valence-electron chi connectivity index (χ3n) is 8.12. The second-order valence-corrected chi connectivity index (χ2v) is 10.3. The first-order valence-corrected chi connectivity index (χ1v) is 11.5. The van der Waals surface area contributed by atoms with Crippen molar-refractivity contribution in [2.45, 2.75) is 50.5 Å². The van der Waals surface area contributed by atoms with Gasteiger partial charge in [-0.15, -0.1) is 0 Å². The van der Waals surface area contributed by atoms with E-state index >= 15 is 0 Å². The van der Waals surface area contributed by atoms with Crippen LogP contribution in [0.25, 0.3) is 0 Å². The standard InChI is InChI=1S/C27H33NO3/c1-28(17-19-5-4-6-24(12-19)31-3)25(29)27-15-20-11-21(16-27)14-26(13-20,18-27)22-7-9-23(30-2)10-8-22/h4-10,12,20-21H,11,13-18H2,1-3H3/t20-,21-,26?,27?/m1/s1. The highest BCUT2D eigenvalue weighted by molar-refractivity contribution is 5.83. The topological polar surface area (TPSA) is 38.8 Å². The number of methoxy groups -OCH3 is 2. The Morgan fingerprint density at radius 3 is 2.29 bits per heavy atom. The van der Waals surface area contributed by atoms with Gasteiger partial charge in [0.1, 0.15) is 11.5 Å². The van der Waals surface area contributed by atoms with Crippen molar-refractivity contribution < 1.29 is 14.3 Å². The summed E-state index contributed by atoms with van der Waals surface area (Å²) in [6.07, 6.45) is 6.85. The molecule has 164 valence electrons. The molecular formula is C27H33NO3. The summed E-state index contributed by atoms with van der Waals surface area (Å²) >= 11 is 0. The van der Waals surface area contributed by atoms with Gasteiger partial charge in [-0.25, -0.2) is 0 Å². The summed E-state index contributed by atoms with van der Waals surface area (Å²) in [5.74, 6) is 3.40. The Hall–Kier alpha value is -2.49. The Labute approximate surface area is 185 Å². The summed E-state index contributed by atoms with van der Waals surface area (Å²) in [4.78, 5) is 15.9. The lowest BCUT2D eigenvalue weighted by molar-refractivity contribution is -0.159. The molecule has 0 N–H and O–H groups in total. The van der Waals surface area contributed by atoms with Gasteiger partial charge in [-0.05, 0) is 91.2 Å². The first-order valence-electron chi connectivity index (χ1n) is 11.5. The fourth-order valence-electron chi connectivity index (χ4n) is 7.32. The molecule has 4 bridgehead atoms. The minimum atomic E-state index is -0.211. The molecule has 2 aromatic carbocycles. The molecule has 0 aromatic heterocycles. The van der Waals surface area contributed by atoms with Crippen LogP contribution < -0.4 is 9.47 Å². The smallest absolute Gasteiger partial charge is 0.228 e. The Morgan fingerprint density at radius 2 is 1.65 bits per heavy atom. The SMILES string of the molecule is COc1ccc(C23C[C@H]4C[C@@H](CC(C(=O)N(C)Cc5cccc(OC)c5)(C4)C2)C3)cc1. The lowest BCUT2D eigenvalue weighted by atomic mass is 9.42. The van der Waals surface area contributed by atoms with Crippen LogP contribution in [0.4, 0.5) is 0 Å². The number of hydrogen-bond acceptors (Lipinski definition) is 3. The van der Waals surface area contributed by atoms with Gasteiger partial charge in [0.05, 0.1) is 19.6 Å². The molecule has 0 spiro atoms. The van der Waals surface area contributed by atoms with Gasteiger partial charge in [0.2, 0.25) is 5.91 Å². The highest BCUT2D eigenvalue weighted by atomic mass is 16.5. The molecule has 1 amide bonds. The van der Waals surface area contributed by atoms with Crippen LogP contribution in [0, 0.1) is 17.3 Å². The van der Waals surface area contributed by atoms with Crippen molar-refractivity contribution in [2.24, 2.45) is 17.3 Å². The second kappa shape index (κ2) is 7.58. The Bertz CT molecular complexity index is 953. The van der Waals surface area contributed by atoms with E-state index in [0.717, 1.165) is 36.3 Å².